The molecule has 0 aromatic carbocycles. The third-order valence-corrected chi connectivity index (χ3v) is 4.16. The van der Waals surface area contributed by atoms with E-state index in [9.17, 15) is 0 Å². The normalized spacial score (nSPS) is 21.6. The van der Waals surface area contributed by atoms with E-state index in [0.29, 0.717) is 6.04 Å². The minimum atomic E-state index is 0.339. The molecule has 0 bridgehead atoms. The third-order valence-electron chi connectivity index (χ3n) is 4.16. The van der Waals surface area contributed by atoms with Gasteiger partial charge in [0.15, 0.2) is 0 Å². The van der Waals surface area contributed by atoms with Crippen molar-refractivity contribution in [1.82, 2.24) is 14.6 Å². The smallest absolute Gasteiger partial charge is 0.140 e. The molecule has 1 saturated heterocycles. The van der Waals surface area contributed by atoms with Crippen molar-refractivity contribution in [1.29, 1.82) is 0 Å². The lowest BCUT2D eigenvalue weighted by Gasteiger charge is -2.32. The second kappa shape index (κ2) is 4.37. The van der Waals surface area contributed by atoms with Gasteiger partial charge in [-0.15, -0.1) is 0 Å². The van der Waals surface area contributed by atoms with E-state index in [2.05, 4.69) is 29.6 Å². The molecule has 0 radical (unpaired) electrons. The zero-order valence-electron chi connectivity index (χ0n) is 11.1. The van der Waals surface area contributed by atoms with Crippen LogP contribution in [0.15, 0.2) is 18.3 Å². The summed E-state index contributed by atoms with van der Waals surface area (Å²) in [6.45, 7) is 3.15. The average Bonchev–Trinajstić information content (AvgIpc) is 2.64. The number of hydrogen-bond donors (Lipinski definition) is 1. The van der Waals surface area contributed by atoms with Gasteiger partial charge in [-0.3, -0.25) is 5.84 Å². The molecule has 4 heteroatoms. The van der Waals surface area contributed by atoms with E-state index in [1.807, 2.05) is 17.3 Å². The summed E-state index contributed by atoms with van der Waals surface area (Å²) in [6, 6.07) is 4.51. The van der Waals surface area contributed by atoms with Crippen LogP contribution in [0, 0.1) is 6.92 Å². The highest BCUT2D eigenvalue weighted by Gasteiger charge is 2.27. The highest BCUT2D eigenvalue weighted by Crippen LogP contribution is 2.36. The molecule has 3 rings (SSSR count). The highest BCUT2D eigenvalue weighted by molar-refractivity contribution is 5.82. The van der Waals surface area contributed by atoms with E-state index in [1.165, 1.54) is 29.5 Å². The lowest BCUT2D eigenvalue weighted by atomic mass is 9.95. The molecule has 3 heterocycles. The molecule has 0 amide bonds. The Morgan fingerprint density at radius 3 is 3.00 bits per heavy atom. The van der Waals surface area contributed by atoms with Crippen LogP contribution in [0.25, 0.3) is 11.0 Å². The Kier molecular flexibility index (Phi) is 2.84. The molecule has 2 aromatic heterocycles. The second-order valence-electron chi connectivity index (χ2n) is 5.18. The van der Waals surface area contributed by atoms with Crippen LogP contribution in [0.3, 0.4) is 0 Å². The summed E-state index contributed by atoms with van der Waals surface area (Å²) in [5, 5.41) is 3.25. The maximum Gasteiger partial charge on any atom is 0.140 e. The third kappa shape index (κ3) is 1.64. The molecule has 0 saturated carbocycles. The molecular weight excluding hydrogens is 224 g/mol. The van der Waals surface area contributed by atoms with Gasteiger partial charge in [-0.1, -0.05) is 6.42 Å². The zero-order chi connectivity index (χ0) is 12.7. The number of aromatic nitrogens is 2. The molecule has 1 atom stereocenters. The zero-order valence-corrected chi connectivity index (χ0v) is 11.1. The molecule has 18 heavy (non-hydrogen) atoms. The molecule has 0 spiro atoms. The van der Waals surface area contributed by atoms with Crippen molar-refractivity contribution in [2.45, 2.75) is 32.2 Å². The van der Waals surface area contributed by atoms with Crippen molar-refractivity contribution in [3.8, 4) is 0 Å². The lowest BCUT2D eigenvalue weighted by molar-refractivity contribution is 0.152. The van der Waals surface area contributed by atoms with E-state index >= 15 is 0 Å². The van der Waals surface area contributed by atoms with Crippen LogP contribution in [0.4, 0.5) is 0 Å². The Hall–Kier alpha value is -1.39. The van der Waals surface area contributed by atoms with Gasteiger partial charge in [0.2, 0.25) is 0 Å². The summed E-state index contributed by atoms with van der Waals surface area (Å²) in [5.74, 6) is 6.18. The average molecular weight is 244 g/mol. The van der Waals surface area contributed by atoms with Crippen LogP contribution in [0.1, 0.15) is 36.6 Å². The van der Waals surface area contributed by atoms with Crippen molar-refractivity contribution in [2.75, 3.05) is 6.54 Å². The van der Waals surface area contributed by atoms with Crippen molar-refractivity contribution >= 4 is 11.0 Å². The number of aryl methyl sites for hydroxylation is 1. The summed E-state index contributed by atoms with van der Waals surface area (Å²) in [7, 11) is 2.08. The van der Waals surface area contributed by atoms with Crippen molar-refractivity contribution in [3.05, 3.63) is 29.6 Å². The first-order valence-electron chi connectivity index (χ1n) is 6.61. The second-order valence-corrected chi connectivity index (χ2v) is 5.18. The summed E-state index contributed by atoms with van der Waals surface area (Å²) in [6.07, 6.45) is 5.46. The molecule has 1 unspecified atom stereocenters. The Morgan fingerprint density at radius 1 is 1.39 bits per heavy atom. The summed E-state index contributed by atoms with van der Waals surface area (Å²) in [4.78, 5) is 4.49. The van der Waals surface area contributed by atoms with Gasteiger partial charge in [0.1, 0.15) is 5.65 Å². The van der Waals surface area contributed by atoms with E-state index in [1.54, 1.807) is 0 Å². The summed E-state index contributed by atoms with van der Waals surface area (Å²) < 4.78 is 2.17. The number of piperidine rings is 1. The fraction of sp³-hybridized carbons (Fsp3) is 0.500. The SMILES string of the molecule is Cc1c(C2CCCCN2N)c2cccnc2n1C. The van der Waals surface area contributed by atoms with E-state index in [-0.39, 0.29) is 0 Å². The van der Waals surface area contributed by atoms with Crippen molar-refractivity contribution < 1.29 is 0 Å². The Labute approximate surface area is 107 Å². The van der Waals surface area contributed by atoms with Crippen LogP contribution in [-0.4, -0.2) is 21.1 Å². The summed E-state index contributed by atoms with van der Waals surface area (Å²) in [5.41, 5.74) is 3.71. The molecule has 2 aromatic rings. The van der Waals surface area contributed by atoms with E-state index in [4.69, 9.17) is 5.84 Å². The van der Waals surface area contributed by atoms with Gasteiger partial charge in [0, 0.05) is 36.4 Å². The van der Waals surface area contributed by atoms with Gasteiger partial charge in [0.05, 0.1) is 6.04 Å². The number of nitrogens with two attached hydrogens (primary N) is 1. The topological polar surface area (TPSA) is 47.1 Å². The van der Waals surface area contributed by atoms with Crippen LogP contribution >= 0.6 is 0 Å². The van der Waals surface area contributed by atoms with Gasteiger partial charge in [-0.25, -0.2) is 9.99 Å². The lowest BCUT2D eigenvalue weighted by Crippen LogP contribution is -2.39. The number of fused-ring (bicyclic) bond motifs is 1. The first-order valence-corrected chi connectivity index (χ1v) is 6.61. The van der Waals surface area contributed by atoms with E-state index in [0.717, 1.165) is 18.6 Å². The molecule has 96 valence electrons. The fourth-order valence-corrected chi connectivity index (χ4v) is 3.09. The molecule has 4 nitrogen and oxygen atoms in total. The molecule has 2 N–H and O–H groups in total. The predicted octanol–water partition coefficient (Wildman–Crippen LogP) is 2.28. The minimum absolute atomic E-state index is 0.339. The van der Waals surface area contributed by atoms with Crippen molar-refractivity contribution in [2.24, 2.45) is 12.9 Å². The van der Waals surface area contributed by atoms with Gasteiger partial charge < -0.3 is 4.57 Å². The van der Waals surface area contributed by atoms with Crippen LogP contribution in [0.2, 0.25) is 0 Å². The quantitative estimate of drug-likeness (QED) is 0.783. The Morgan fingerprint density at radius 2 is 2.22 bits per heavy atom. The largest absolute Gasteiger partial charge is 0.333 e. The summed E-state index contributed by atoms with van der Waals surface area (Å²) >= 11 is 0. The highest BCUT2D eigenvalue weighted by atomic mass is 15.4. The van der Waals surface area contributed by atoms with Gasteiger partial charge in [-0.05, 0) is 31.9 Å². The molecule has 0 aliphatic carbocycles. The number of hydrogen-bond acceptors (Lipinski definition) is 3. The molecule has 1 aliphatic rings. The first kappa shape index (κ1) is 11.7. The van der Waals surface area contributed by atoms with E-state index < -0.39 is 0 Å². The van der Waals surface area contributed by atoms with Crippen molar-refractivity contribution in [3.63, 3.8) is 0 Å². The number of hydrazine groups is 1. The van der Waals surface area contributed by atoms with Crippen LogP contribution in [-0.2, 0) is 7.05 Å². The maximum absolute atomic E-state index is 6.18. The van der Waals surface area contributed by atoms with Gasteiger partial charge in [-0.2, -0.15) is 0 Å². The monoisotopic (exact) mass is 244 g/mol. The van der Waals surface area contributed by atoms with Gasteiger partial charge >= 0.3 is 0 Å². The van der Waals surface area contributed by atoms with Crippen LogP contribution < -0.4 is 5.84 Å². The minimum Gasteiger partial charge on any atom is -0.333 e. The number of rotatable bonds is 1. The molecule has 1 fully saturated rings. The fourth-order valence-electron chi connectivity index (χ4n) is 3.09. The Bertz CT molecular complexity index is 572. The standard InChI is InChI=1S/C14H20N4/c1-10-13(12-7-3-4-9-18(12)15)11-6-5-8-16-14(11)17(10)2/h5-6,8,12H,3-4,7,9,15H2,1-2H3. The predicted molar refractivity (Wildman–Crippen MR) is 72.9 cm³/mol. The number of pyridine rings is 1. The Balaban J connectivity index is 2.18. The molecular formula is C14H20N4. The van der Waals surface area contributed by atoms with Crippen LogP contribution in [0.5, 0.6) is 0 Å². The van der Waals surface area contributed by atoms with Gasteiger partial charge in [0.25, 0.3) is 0 Å². The first-order chi connectivity index (χ1) is 8.70. The maximum atomic E-state index is 6.18. The molecule has 1 aliphatic heterocycles. The number of nitrogens with zero attached hydrogens (tertiary/aromatic N) is 3.